The molecular formula is C16H17FN2O2. The van der Waals surface area contributed by atoms with Crippen molar-refractivity contribution in [3.63, 3.8) is 0 Å². The molecule has 0 aliphatic carbocycles. The van der Waals surface area contributed by atoms with Crippen LogP contribution in [0.2, 0.25) is 0 Å². The predicted molar refractivity (Wildman–Crippen MR) is 80.9 cm³/mol. The molecule has 0 aromatic heterocycles. The molecule has 0 radical (unpaired) electrons. The van der Waals surface area contributed by atoms with Gasteiger partial charge < -0.3 is 15.8 Å². The van der Waals surface area contributed by atoms with Gasteiger partial charge in [-0.2, -0.15) is 0 Å². The standard InChI is InChI=1S/C16H17FN2O2/c1-10-4-3-5-11(2)16(10)21-9-15(20)19-12-6-7-13(17)14(18)8-12/h3-8H,9,18H2,1-2H3,(H,19,20). The van der Waals surface area contributed by atoms with E-state index in [9.17, 15) is 9.18 Å². The minimum absolute atomic E-state index is 0.0107. The van der Waals surface area contributed by atoms with Gasteiger partial charge in [0.1, 0.15) is 11.6 Å². The summed E-state index contributed by atoms with van der Waals surface area (Å²) in [4.78, 5) is 11.8. The van der Waals surface area contributed by atoms with Gasteiger partial charge in [-0.05, 0) is 43.2 Å². The molecule has 0 fully saturated rings. The van der Waals surface area contributed by atoms with Crippen molar-refractivity contribution in [1.82, 2.24) is 0 Å². The van der Waals surface area contributed by atoms with E-state index in [1.54, 1.807) is 0 Å². The van der Waals surface area contributed by atoms with Crippen molar-refractivity contribution in [1.29, 1.82) is 0 Å². The van der Waals surface area contributed by atoms with E-state index in [1.165, 1.54) is 18.2 Å². The maximum absolute atomic E-state index is 13.0. The number of hydrogen-bond donors (Lipinski definition) is 2. The number of nitrogen functional groups attached to an aromatic ring is 1. The summed E-state index contributed by atoms with van der Waals surface area (Å²) in [7, 11) is 0. The second-order valence-corrected chi connectivity index (χ2v) is 4.79. The number of aryl methyl sites for hydroxylation is 2. The summed E-state index contributed by atoms with van der Waals surface area (Å²) >= 11 is 0. The molecule has 110 valence electrons. The number of amides is 1. The summed E-state index contributed by atoms with van der Waals surface area (Å²) in [5, 5.41) is 2.61. The van der Waals surface area contributed by atoms with Gasteiger partial charge in [-0.1, -0.05) is 18.2 Å². The van der Waals surface area contributed by atoms with E-state index in [0.717, 1.165) is 11.1 Å². The lowest BCUT2D eigenvalue weighted by Crippen LogP contribution is -2.20. The van der Waals surface area contributed by atoms with Gasteiger partial charge in [-0.3, -0.25) is 4.79 Å². The molecule has 5 heteroatoms. The molecule has 4 nitrogen and oxygen atoms in total. The molecule has 2 aromatic rings. The van der Waals surface area contributed by atoms with E-state index in [4.69, 9.17) is 10.5 Å². The molecule has 0 saturated heterocycles. The third-order valence-corrected chi connectivity index (χ3v) is 3.04. The van der Waals surface area contributed by atoms with Crippen LogP contribution in [0, 0.1) is 19.7 Å². The lowest BCUT2D eigenvalue weighted by molar-refractivity contribution is -0.118. The van der Waals surface area contributed by atoms with Gasteiger partial charge in [0.15, 0.2) is 6.61 Å². The molecule has 0 aliphatic heterocycles. The predicted octanol–water partition coefficient (Wildman–Crippen LogP) is 3.04. The second kappa shape index (κ2) is 6.26. The van der Waals surface area contributed by atoms with Crippen molar-refractivity contribution < 1.29 is 13.9 Å². The van der Waals surface area contributed by atoms with Crippen molar-refractivity contribution in [2.45, 2.75) is 13.8 Å². The number of rotatable bonds is 4. The molecule has 0 spiro atoms. The van der Waals surface area contributed by atoms with E-state index in [1.807, 2.05) is 32.0 Å². The lowest BCUT2D eigenvalue weighted by Gasteiger charge is -2.12. The molecule has 1 amide bonds. The first-order chi connectivity index (χ1) is 9.97. The minimum Gasteiger partial charge on any atom is -0.483 e. The highest BCUT2D eigenvalue weighted by Crippen LogP contribution is 2.22. The Hall–Kier alpha value is -2.56. The Morgan fingerprint density at radius 1 is 1.24 bits per heavy atom. The van der Waals surface area contributed by atoms with Crippen LogP contribution in [-0.2, 0) is 4.79 Å². The SMILES string of the molecule is Cc1cccc(C)c1OCC(=O)Nc1ccc(F)c(N)c1. The number of anilines is 2. The Morgan fingerprint density at radius 3 is 2.52 bits per heavy atom. The van der Waals surface area contributed by atoms with Crippen LogP contribution in [-0.4, -0.2) is 12.5 Å². The number of nitrogens with two attached hydrogens (primary N) is 1. The van der Waals surface area contributed by atoms with E-state index < -0.39 is 5.82 Å². The van der Waals surface area contributed by atoms with Gasteiger partial charge in [0.25, 0.3) is 5.91 Å². The van der Waals surface area contributed by atoms with Gasteiger partial charge in [0.2, 0.25) is 0 Å². The Morgan fingerprint density at radius 2 is 1.90 bits per heavy atom. The van der Waals surface area contributed by atoms with Gasteiger partial charge in [0.05, 0.1) is 5.69 Å². The molecule has 0 heterocycles. The summed E-state index contributed by atoms with van der Waals surface area (Å²) in [6.45, 7) is 3.71. The van der Waals surface area contributed by atoms with Crippen LogP contribution in [0.15, 0.2) is 36.4 Å². The quantitative estimate of drug-likeness (QED) is 0.850. The first-order valence-electron chi connectivity index (χ1n) is 6.51. The number of benzene rings is 2. The number of carbonyl (C=O) groups is 1. The molecule has 0 aliphatic rings. The first-order valence-corrected chi connectivity index (χ1v) is 6.51. The fourth-order valence-electron chi connectivity index (χ4n) is 1.98. The van der Waals surface area contributed by atoms with E-state index in [-0.39, 0.29) is 18.2 Å². The molecule has 0 atom stereocenters. The number of halogens is 1. The number of nitrogens with one attached hydrogen (secondary N) is 1. The maximum Gasteiger partial charge on any atom is 0.262 e. The number of hydrogen-bond acceptors (Lipinski definition) is 3. The van der Waals surface area contributed by atoms with Gasteiger partial charge in [-0.25, -0.2) is 4.39 Å². The zero-order chi connectivity index (χ0) is 15.4. The van der Waals surface area contributed by atoms with Crippen LogP contribution >= 0.6 is 0 Å². The van der Waals surface area contributed by atoms with E-state index >= 15 is 0 Å². The molecule has 2 rings (SSSR count). The van der Waals surface area contributed by atoms with Crippen LogP contribution < -0.4 is 15.8 Å². The smallest absolute Gasteiger partial charge is 0.262 e. The summed E-state index contributed by atoms with van der Waals surface area (Å²) in [5.74, 6) is -0.144. The van der Waals surface area contributed by atoms with E-state index in [0.29, 0.717) is 11.4 Å². The highest BCUT2D eigenvalue weighted by atomic mass is 19.1. The third-order valence-electron chi connectivity index (χ3n) is 3.04. The Bertz CT molecular complexity index is 651. The monoisotopic (exact) mass is 288 g/mol. The van der Waals surface area contributed by atoms with Crippen molar-refractivity contribution >= 4 is 17.3 Å². The Balaban J connectivity index is 1.97. The molecule has 3 N–H and O–H groups in total. The van der Waals surface area contributed by atoms with Gasteiger partial charge >= 0.3 is 0 Å². The molecule has 0 bridgehead atoms. The Kier molecular flexibility index (Phi) is 4.42. The fraction of sp³-hybridized carbons (Fsp3) is 0.188. The van der Waals surface area contributed by atoms with Crippen LogP contribution in [0.4, 0.5) is 15.8 Å². The van der Waals surface area contributed by atoms with Crippen molar-refractivity contribution in [2.24, 2.45) is 0 Å². The number of carbonyl (C=O) groups excluding carboxylic acids is 1. The molecule has 0 saturated carbocycles. The summed E-state index contributed by atoms with van der Waals surface area (Å²) in [6.07, 6.45) is 0. The van der Waals surface area contributed by atoms with Gasteiger partial charge in [0, 0.05) is 5.69 Å². The second-order valence-electron chi connectivity index (χ2n) is 4.79. The normalized spacial score (nSPS) is 10.2. The zero-order valence-corrected chi connectivity index (χ0v) is 11.9. The summed E-state index contributed by atoms with van der Waals surface area (Å²) < 4.78 is 18.6. The third kappa shape index (κ3) is 3.72. The lowest BCUT2D eigenvalue weighted by atomic mass is 10.1. The molecule has 21 heavy (non-hydrogen) atoms. The van der Waals surface area contributed by atoms with Crippen molar-refractivity contribution in [3.8, 4) is 5.75 Å². The average Bonchev–Trinajstić information content (AvgIpc) is 2.42. The highest BCUT2D eigenvalue weighted by Gasteiger charge is 2.08. The number of ether oxygens (including phenoxy) is 1. The summed E-state index contributed by atoms with van der Waals surface area (Å²) in [6, 6.07) is 9.78. The van der Waals surface area contributed by atoms with Crippen molar-refractivity contribution in [3.05, 3.63) is 53.3 Å². The van der Waals surface area contributed by atoms with Crippen LogP contribution in [0.3, 0.4) is 0 Å². The minimum atomic E-state index is -0.514. The maximum atomic E-state index is 13.0. The van der Waals surface area contributed by atoms with E-state index in [2.05, 4.69) is 5.32 Å². The average molecular weight is 288 g/mol. The van der Waals surface area contributed by atoms with Gasteiger partial charge in [-0.15, -0.1) is 0 Å². The topological polar surface area (TPSA) is 64.3 Å². The first kappa shape index (κ1) is 14.8. The largest absolute Gasteiger partial charge is 0.483 e. The zero-order valence-electron chi connectivity index (χ0n) is 11.9. The molecule has 0 unspecified atom stereocenters. The highest BCUT2D eigenvalue weighted by molar-refractivity contribution is 5.92. The van der Waals surface area contributed by atoms with Crippen LogP contribution in [0.5, 0.6) is 5.75 Å². The van der Waals surface area contributed by atoms with Crippen LogP contribution in [0.25, 0.3) is 0 Å². The Labute approximate surface area is 122 Å². The summed E-state index contributed by atoms with van der Waals surface area (Å²) in [5.41, 5.74) is 7.80. The number of para-hydroxylation sites is 1. The molecular weight excluding hydrogens is 271 g/mol. The fourth-order valence-corrected chi connectivity index (χ4v) is 1.98. The van der Waals surface area contributed by atoms with Crippen molar-refractivity contribution in [2.75, 3.05) is 17.7 Å². The van der Waals surface area contributed by atoms with Crippen LogP contribution in [0.1, 0.15) is 11.1 Å². The molecule has 2 aromatic carbocycles.